The number of hydrogen-bond acceptors (Lipinski definition) is 6. The Bertz CT molecular complexity index is 1100. The molecule has 0 aliphatic rings. The number of anilines is 2. The molecule has 1 heterocycles. The van der Waals surface area contributed by atoms with E-state index in [1.54, 1.807) is 16.3 Å². The van der Waals surface area contributed by atoms with Crippen LogP contribution in [0.15, 0.2) is 71.8 Å². The van der Waals surface area contributed by atoms with Gasteiger partial charge in [-0.2, -0.15) is 5.10 Å². The topological polar surface area (TPSA) is 69.0 Å². The molecule has 1 aromatic heterocycles. The van der Waals surface area contributed by atoms with Crippen LogP contribution in [-0.4, -0.2) is 21.4 Å². The van der Waals surface area contributed by atoms with Gasteiger partial charge in [-0.3, -0.25) is 0 Å². The highest BCUT2D eigenvalue weighted by atomic mass is 32.1. The second kappa shape index (κ2) is 7.09. The molecule has 0 spiro atoms. The Morgan fingerprint density at radius 3 is 2.59 bits per heavy atom. The molecule has 0 bridgehead atoms. The zero-order valence-corrected chi connectivity index (χ0v) is 15.4. The standard InChI is InChI=1S/C21H17N3O2S/c1-14-6-2-4-8-18(14)24(21-23-17-7-3-5-9-20(17)27-21)22-13-15-12-16(25)10-11-19(15)26/h2-13,25-26H,1H3/b22-13+. The van der Waals surface area contributed by atoms with Crippen molar-refractivity contribution in [2.45, 2.75) is 6.92 Å². The summed E-state index contributed by atoms with van der Waals surface area (Å²) in [4.78, 5) is 4.70. The van der Waals surface area contributed by atoms with Gasteiger partial charge in [-0.05, 0) is 48.9 Å². The van der Waals surface area contributed by atoms with Crippen LogP contribution in [0.4, 0.5) is 10.8 Å². The van der Waals surface area contributed by atoms with Crippen molar-refractivity contribution in [3.05, 3.63) is 77.9 Å². The number of aromatic nitrogens is 1. The maximum Gasteiger partial charge on any atom is 0.211 e. The van der Waals surface area contributed by atoms with Crippen molar-refractivity contribution < 1.29 is 10.2 Å². The van der Waals surface area contributed by atoms with Crippen LogP contribution in [0.25, 0.3) is 10.2 Å². The lowest BCUT2D eigenvalue weighted by molar-refractivity contribution is 0.459. The van der Waals surface area contributed by atoms with Crippen molar-refractivity contribution in [3.63, 3.8) is 0 Å². The summed E-state index contributed by atoms with van der Waals surface area (Å²) in [5.74, 6) is 0.113. The smallest absolute Gasteiger partial charge is 0.211 e. The number of rotatable bonds is 4. The van der Waals surface area contributed by atoms with Crippen molar-refractivity contribution in [1.82, 2.24) is 4.98 Å². The van der Waals surface area contributed by atoms with Crippen LogP contribution in [0.2, 0.25) is 0 Å². The van der Waals surface area contributed by atoms with Crippen LogP contribution in [0.5, 0.6) is 11.5 Å². The summed E-state index contributed by atoms with van der Waals surface area (Å²) in [6.07, 6.45) is 1.52. The largest absolute Gasteiger partial charge is 0.508 e. The van der Waals surface area contributed by atoms with Crippen molar-refractivity contribution in [1.29, 1.82) is 0 Å². The maximum absolute atomic E-state index is 10.0. The van der Waals surface area contributed by atoms with Gasteiger partial charge in [-0.15, -0.1) is 0 Å². The fourth-order valence-electron chi connectivity index (χ4n) is 2.73. The molecular formula is C21H17N3O2S. The zero-order chi connectivity index (χ0) is 18.8. The summed E-state index contributed by atoms with van der Waals surface area (Å²) >= 11 is 1.54. The van der Waals surface area contributed by atoms with E-state index in [9.17, 15) is 10.2 Å². The molecule has 6 heteroatoms. The van der Waals surface area contributed by atoms with Crippen LogP contribution < -0.4 is 5.01 Å². The van der Waals surface area contributed by atoms with Gasteiger partial charge in [0.25, 0.3) is 0 Å². The van der Waals surface area contributed by atoms with Crippen LogP contribution in [0.1, 0.15) is 11.1 Å². The summed E-state index contributed by atoms with van der Waals surface area (Å²) < 4.78 is 1.07. The number of benzene rings is 3. The van der Waals surface area contributed by atoms with Crippen LogP contribution in [0, 0.1) is 6.92 Å². The fourth-order valence-corrected chi connectivity index (χ4v) is 3.67. The van der Waals surface area contributed by atoms with E-state index in [0.717, 1.165) is 26.6 Å². The molecule has 3 aromatic carbocycles. The van der Waals surface area contributed by atoms with Gasteiger partial charge in [0.2, 0.25) is 5.13 Å². The predicted molar refractivity (Wildman–Crippen MR) is 110 cm³/mol. The minimum atomic E-state index is 0.0468. The van der Waals surface area contributed by atoms with Gasteiger partial charge < -0.3 is 10.2 Å². The third-order valence-corrected chi connectivity index (χ3v) is 5.14. The van der Waals surface area contributed by atoms with Gasteiger partial charge in [0.1, 0.15) is 11.5 Å². The molecule has 0 unspecified atom stereocenters. The number of nitrogens with zero attached hydrogens (tertiary/aromatic N) is 3. The summed E-state index contributed by atoms with van der Waals surface area (Å²) in [5, 5.41) is 26.8. The van der Waals surface area contributed by atoms with Crippen molar-refractivity contribution in [2.75, 3.05) is 5.01 Å². The number of phenols is 2. The second-order valence-corrected chi connectivity index (χ2v) is 7.06. The average molecular weight is 375 g/mol. The molecule has 0 aliphatic carbocycles. The van der Waals surface area contributed by atoms with Crippen molar-refractivity contribution >= 4 is 38.6 Å². The Morgan fingerprint density at radius 2 is 1.78 bits per heavy atom. The van der Waals surface area contributed by atoms with E-state index in [-0.39, 0.29) is 11.5 Å². The van der Waals surface area contributed by atoms with Gasteiger partial charge >= 0.3 is 0 Å². The van der Waals surface area contributed by atoms with Crippen LogP contribution in [-0.2, 0) is 0 Å². The molecule has 0 amide bonds. The Morgan fingerprint density at radius 1 is 1.00 bits per heavy atom. The summed E-state index contributed by atoms with van der Waals surface area (Å²) in [7, 11) is 0. The molecule has 0 aliphatic heterocycles. The van der Waals surface area contributed by atoms with E-state index in [1.165, 1.54) is 24.4 Å². The number of hydrogen-bond donors (Lipinski definition) is 2. The number of aryl methyl sites for hydroxylation is 1. The third kappa shape index (κ3) is 3.47. The zero-order valence-electron chi connectivity index (χ0n) is 14.6. The lowest BCUT2D eigenvalue weighted by Crippen LogP contribution is -2.10. The predicted octanol–water partition coefficient (Wildman–Crippen LogP) is 5.19. The van der Waals surface area contributed by atoms with Crippen LogP contribution in [0.3, 0.4) is 0 Å². The Hall–Kier alpha value is -3.38. The first-order valence-electron chi connectivity index (χ1n) is 8.39. The van der Waals surface area contributed by atoms with E-state index >= 15 is 0 Å². The SMILES string of the molecule is Cc1ccccc1N(/N=C/c1cc(O)ccc1O)c1nc2ccccc2s1. The third-order valence-electron chi connectivity index (χ3n) is 4.13. The van der Waals surface area contributed by atoms with Gasteiger partial charge in [0.05, 0.1) is 22.1 Å². The molecular weight excluding hydrogens is 358 g/mol. The number of aromatic hydroxyl groups is 2. The molecule has 0 saturated carbocycles. The highest BCUT2D eigenvalue weighted by Gasteiger charge is 2.15. The second-order valence-electron chi connectivity index (χ2n) is 6.05. The minimum absolute atomic E-state index is 0.0468. The van der Waals surface area contributed by atoms with E-state index in [0.29, 0.717) is 5.56 Å². The molecule has 2 N–H and O–H groups in total. The number of para-hydroxylation sites is 2. The number of hydrazone groups is 1. The highest BCUT2D eigenvalue weighted by Crippen LogP contribution is 2.35. The first-order valence-corrected chi connectivity index (χ1v) is 9.21. The van der Waals surface area contributed by atoms with Crippen molar-refractivity contribution in [3.8, 4) is 11.5 Å². The molecule has 27 heavy (non-hydrogen) atoms. The molecule has 0 atom stereocenters. The quantitative estimate of drug-likeness (QED) is 0.293. The average Bonchev–Trinajstić information content (AvgIpc) is 3.10. The number of fused-ring (bicyclic) bond motifs is 1. The monoisotopic (exact) mass is 375 g/mol. The Labute approximate surface area is 160 Å². The fraction of sp³-hybridized carbons (Fsp3) is 0.0476. The summed E-state index contributed by atoms with van der Waals surface area (Å²) in [6.45, 7) is 2.01. The van der Waals surface area contributed by atoms with E-state index < -0.39 is 0 Å². The molecule has 5 nitrogen and oxygen atoms in total. The molecule has 0 fully saturated rings. The number of thiazole rings is 1. The van der Waals surface area contributed by atoms with Gasteiger partial charge in [0.15, 0.2) is 0 Å². The van der Waals surface area contributed by atoms with Gasteiger partial charge in [-0.1, -0.05) is 41.7 Å². The van der Waals surface area contributed by atoms with Crippen LogP contribution >= 0.6 is 11.3 Å². The molecule has 0 radical (unpaired) electrons. The normalized spacial score (nSPS) is 11.3. The maximum atomic E-state index is 10.0. The Balaban J connectivity index is 1.82. The Kier molecular flexibility index (Phi) is 4.48. The summed E-state index contributed by atoms with van der Waals surface area (Å²) in [6, 6.07) is 20.2. The molecule has 134 valence electrons. The lowest BCUT2D eigenvalue weighted by atomic mass is 10.2. The van der Waals surface area contributed by atoms with Crippen molar-refractivity contribution in [2.24, 2.45) is 5.10 Å². The first kappa shape index (κ1) is 17.1. The first-order chi connectivity index (χ1) is 13.1. The molecule has 0 saturated heterocycles. The van der Waals surface area contributed by atoms with E-state index in [4.69, 9.17) is 4.98 Å². The molecule has 4 aromatic rings. The summed E-state index contributed by atoms with van der Waals surface area (Å²) in [5.41, 5.74) is 3.28. The lowest BCUT2D eigenvalue weighted by Gasteiger charge is -2.18. The van der Waals surface area contributed by atoms with Gasteiger partial charge in [-0.25, -0.2) is 9.99 Å². The number of phenolic OH excluding ortho intramolecular Hbond substituents is 2. The minimum Gasteiger partial charge on any atom is -0.508 e. The van der Waals surface area contributed by atoms with E-state index in [2.05, 4.69) is 5.10 Å². The highest BCUT2D eigenvalue weighted by molar-refractivity contribution is 7.22. The van der Waals surface area contributed by atoms with Gasteiger partial charge in [0, 0.05) is 5.56 Å². The van der Waals surface area contributed by atoms with E-state index in [1.807, 2.05) is 55.5 Å². The molecule has 4 rings (SSSR count).